The molecule has 68 valence electrons. The largest absolute Gasteiger partial charge is 0.465 e. The molecule has 0 aromatic rings. The van der Waals surface area contributed by atoms with Crippen LogP contribution in [0.4, 0.5) is 0 Å². The van der Waals surface area contributed by atoms with Crippen molar-refractivity contribution in [3.63, 3.8) is 0 Å². The molecule has 0 spiro atoms. The van der Waals surface area contributed by atoms with Crippen LogP contribution >= 0.6 is 11.6 Å². The number of esters is 2. The van der Waals surface area contributed by atoms with Crippen molar-refractivity contribution in [1.29, 1.82) is 0 Å². The van der Waals surface area contributed by atoms with Gasteiger partial charge in [0.05, 0.1) is 14.2 Å². The lowest BCUT2D eigenvalue weighted by Gasteiger charge is -2.01. The van der Waals surface area contributed by atoms with Gasteiger partial charge in [-0.1, -0.05) is 0 Å². The zero-order valence-electron chi connectivity index (χ0n) is 6.80. The number of carbonyl (C=O) groups is 2. The molecule has 0 aliphatic heterocycles. The summed E-state index contributed by atoms with van der Waals surface area (Å²) < 4.78 is 8.64. The SMILES string of the molecule is COC(=O)C(=CCCl)C(=O)OC. The van der Waals surface area contributed by atoms with Gasteiger partial charge in [0.1, 0.15) is 5.57 Å². The number of ether oxygens (including phenoxy) is 2. The molecule has 4 nitrogen and oxygen atoms in total. The Morgan fingerprint density at radius 1 is 1.25 bits per heavy atom. The predicted molar refractivity (Wildman–Crippen MR) is 42.8 cm³/mol. The van der Waals surface area contributed by atoms with Crippen LogP contribution in [0.25, 0.3) is 0 Å². The molecule has 0 saturated heterocycles. The molecule has 0 amide bonds. The van der Waals surface area contributed by atoms with Crippen LogP contribution in [0, 0.1) is 0 Å². The first-order valence-electron chi connectivity index (χ1n) is 3.10. The zero-order chi connectivity index (χ0) is 9.56. The molecule has 0 radical (unpaired) electrons. The van der Waals surface area contributed by atoms with Gasteiger partial charge in [-0.05, 0) is 6.08 Å². The minimum atomic E-state index is -0.748. The Hall–Kier alpha value is -1.03. The topological polar surface area (TPSA) is 52.6 Å². The minimum Gasteiger partial charge on any atom is -0.465 e. The Balaban J connectivity index is 4.55. The van der Waals surface area contributed by atoms with E-state index in [0.717, 1.165) is 0 Å². The van der Waals surface area contributed by atoms with E-state index in [-0.39, 0.29) is 11.5 Å². The van der Waals surface area contributed by atoms with E-state index in [9.17, 15) is 9.59 Å². The highest BCUT2D eigenvalue weighted by atomic mass is 35.5. The fourth-order valence-corrected chi connectivity index (χ4v) is 0.701. The molecule has 0 aliphatic rings. The van der Waals surface area contributed by atoms with Gasteiger partial charge in [-0.25, -0.2) is 9.59 Å². The molecule has 0 aromatic carbocycles. The average molecular weight is 193 g/mol. The first-order chi connectivity index (χ1) is 5.67. The van der Waals surface area contributed by atoms with Crippen molar-refractivity contribution in [2.75, 3.05) is 20.1 Å². The van der Waals surface area contributed by atoms with Crippen molar-refractivity contribution in [1.82, 2.24) is 0 Å². The average Bonchev–Trinajstić information content (AvgIpc) is 2.11. The van der Waals surface area contributed by atoms with E-state index >= 15 is 0 Å². The van der Waals surface area contributed by atoms with Crippen LogP contribution in [0.1, 0.15) is 0 Å². The number of methoxy groups -OCH3 is 2. The number of halogens is 1. The van der Waals surface area contributed by atoms with E-state index in [1.807, 2.05) is 0 Å². The first-order valence-corrected chi connectivity index (χ1v) is 3.63. The van der Waals surface area contributed by atoms with Crippen molar-refractivity contribution in [3.05, 3.63) is 11.6 Å². The molecule has 0 unspecified atom stereocenters. The summed E-state index contributed by atoms with van der Waals surface area (Å²) in [5, 5.41) is 0. The number of rotatable bonds is 3. The summed E-state index contributed by atoms with van der Waals surface area (Å²) in [6.45, 7) is 0. The van der Waals surface area contributed by atoms with Crippen molar-refractivity contribution in [3.8, 4) is 0 Å². The van der Waals surface area contributed by atoms with Gasteiger partial charge in [-0.3, -0.25) is 0 Å². The molecule has 0 heterocycles. The Labute approximate surface area is 75.1 Å². The van der Waals surface area contributed by atoms with Crippen LogP contribution in [-0.4, -0.2) is 32.0 Å². The number of carbonyl (C=O) groups excluding carboxylic acids is 2. The van der Waals surface area contributed by atoms with Gasteiger partial charge < -0.3 is 9.47 Å². The van der Waals surface area contributed by atoms with E-state index in [1.165, 1.54) is 20.3 Å². The van der Waals surface area contributed by atoms with E-state index in [2.05, 4.69) is 9.47 Å². The lowest BCUT2D eigenvalue weighted by atomic mass is 10.2. The Morgan fingerprint density at radius 2 is 1.67 bits per heavy atom. The Morgan fingerprint density at radius 3 is 1.92 bits per heavy atom. The fourth-order valence-electron chi connectivity index (χ4n) is 0.547. The van der Waals surface area contributed by atoms with Crippen LogP contribution in [0.15, 0.2) is 11.6 Å². The van der Waals surface area contributed by atoms with Gasteiger partial charge in [-0.15, -0.1) is 11.6 Å². The molecular weight excluding hydrogens is 184 g/mol. The first kappa shape index (κ1) is 11.0. The molecule has 0 rings (SSSR count). The highest BCUT2D eigenvalue weighted by molar-refractivity contribution is 6.21. The van der Waals surface area contributed by atoms with Gasteiger partial charge in [0.25, 0.3) is 0 Å². The Bertz CT molecular complexity index is 191. The maximum absolute atomic E-state index is 10.9. The quantitative estimate of drug-likeness (QED) is 0.215. The summed E-state index contributed by atoms with van der Waals surface area (Å²) in [4.78, 5) is 21.7. The van der Waals surface area contributed by atoms with Crippen molar-refractivity contribution < 1.29 is 19.1 Å². The lowest BCUT2D eigenvalue weighted by molar-refractivity contribution is -0.144. The maximum atomic E-state index is 10.9. The summed E-state index contributed by atoms with van der Waals surface area (Å²) in [5.41, 5.74) is -0.185. The standard InChI is InChI=1S/C7H9ClO4/c1-11-6(9)5(3-4-8)7(10)12-2/h3H,4H2,1-2H3. The number of hydrogen-bond acceptors (Lipinski definition) is 4. The highest BCUT2D eigenvalue weighted by Crippen LogP contribution is 2.00. The van der Waals surface area contributed by atoms with E-state index in [0.29, 0.717) is 0 Å². The third-order valence-corrected chi connectivity index (χ3v) is 1.25. The van der Waals surface area contributed by atoms with Gasteiger partial charge in [0.2, 0.25) is 0 Å². The second-order valence-corrected chi connectivity index (χ2v) is 2.06. The van der Waals surface area contributed by atoms with Gasteiger partial charge in [0, 0.05) is 5.88 Å². The molecule has 5 heteroatoms. The smallest absolute Gasteiger partial charge is 0.345 e. The molecular formula is C7H9ClO4. The van der Waals surface area contributed by atoms with Gasteiger partial charge >= 0.3 is 11.9 Å². The molecule has 0 aromatic heterocycles. The highest BCUT2D eigenvalue weighted by Gasteiger charge is 2.18. The van der Waals surface area contributed by atoms with Crippen molar-refractivity contribution in [2.45, 2.75) is 0 Å². The van der Waals surface area contributed by atoms with E-state index in [1.54, 1.807) is 0 Å². The summed E-state index contributed by atoms with van der Waals surface area (Å²) >= 11 is 5.31. The predicted octanol–water partition coefficient (Wildman–Crippen LogP) is 0.498. The van der Waals surface area contributed by atoms with Crippen LogP contribution in [0.2, 0.25) is 0 Å². The number of hydrogen-bond donors (Lipinski definition) is 0. The lowest BCUT2D eigenvalue weighted by Crippen LogP contribution is -2.15. The van der Waals surface area contributed by atoms with Crippen LogP contribution < -0.4 is 0 Å². The second-order valence-electron chi connectivity index (χ2n) is 1.76. The third kappa shape index (κ3) is 2.92. The summed E-state index contributed by atoms with van der Waals surface area (Å²) in [5.74, 6) is -1.44. The third-order valence-electron chi connectivity index (χ3n) is 1.09. The monoisotopic (exact) mass is 192 g/mol. The van der Waals surface area contributed by atoms with Crippen molar-refractivity contribution >= 4 is 23.5 Å². The molecule has 0 atom stereocenters. The zero-order valence-corrected chi connectivity index (χ0v) is 7.55. The molecule has 0 N–H and O–H groups in total. The normalized spacial score (nSPS) is 8.58. The van der Waals surface area contributed by atoms with Crippen LogP contribution in [0.5, 0.6) is 0 Å². The molecule has 0 aliphatic carbocycles. The molecule has 0 bridgehead atoms. The summed E-state index contributed by atoms with van der Waals surface area (Å²) in [6.07, 6.45) is 1.24. The maximum Gasteiger partial charge on any atom is 0.345 e. The molecule has 0 saturated carbocycles. The fraction of sp³-hybridized carbons (Fsp3) is 0.429. The second kappa shape index (κ2) is 5.60. The summed E-state index contributed by atoms with van der Waals surface area (Å²) in [7, 11) is 2.35. The van der Waals surface area contributed by atoms with E-state index in [4.69, 9.17) is 11.6 Å². The van der Waals surface area contributed by atoms with Crippen LogP contribution in [0.3, 0.4) is 0 Å². The van der Waals surface area contributed by atoms with E-state index < -0.39 is 11.9 Å². The number of allylic oxidation sites excluding steroid dienone is 1. The molecule has 12 heavy (non-hydrogen) atoms. The van der Waals surface area contributed by atoms with Gasteiger partial charge in [0.15, 0.2) is 0 Å². The van der Waals surface area contributed by atoms with Crippen LogP contribution in [-0.2, 0) is 19.1 Å². The summed E-state index contributed by atoms with van der Waals surface area (Å²) in [6, 6.07) is 0. The molecule has 0 fully saturated rings. The van der Waals surface area contributed by atoms with Gasteiger partial charge in [-0.2, -0.15) is 0 Å². The minimum absolute atomic E-state index is 0.0551. The van der Waals surface area contributed by atoms with Crippen molar-refractivity contribution in [2.24, 2.45) is 0 Å². The Kier molecular flexibility index (Phi) is 5.12. The number of alkyl halides is 1.